The van der Waals surface area contributed by atoms with Gasteiger partial charge in [-0.05, 0) is 12.8 Å². The van der Waals surface area contributed by atoms with Crippen LogP contribution in [0.2, 0.25) is 0 Å². The summed E-state index contributed by atoms with van der Waals surface area (Å²) < 4.78 is 9.05. The molecule has 0 aromatic carbocycles. The number of ether oxygens (including phenoxy) is 2. The van der Waals surface area contributed by atoms with Crippen LogP contribution in [0.3, 0.4) is 0 Å². The molecule has 0 radical (unpaired) electrons. The number of carbonyl (C=O) groups excluding carboxylic acids is 3. The maximum atomic E-state index is 12.2. The second-order valence-corrected chi connectivity index (χ2v) is 4.33. The Labute approximate surface area is 106 Å². The monoisotopic (exact) mass is 257 g/mol. The van der Waals surface area contributed by atoms with Gasteiger partial charge in [0.1, 0.15) is 13.1 Å². The average Bonchev–Trinajstić information content (AvgIpc) is 2.90. The minimum atomic E-state index is -0.537. The summed E-state index contributed by atoms with van der Waals surface area (Å²) in [5, 5.41) is 0. The molecule has 0 unspecified atom stereocenters. The fraction of sp³-hybridized carbons (Fsp3) is 0.750. The van der Waals surface area contributed by atoms with Crippen LogP contribution in [-0.4, -0.2) is 50.1 Å². The second-order valence-electron chi connectivity index (χ2n) is 4.33. The summed E-state index contributed by atoms with van der Waals surface area (Å²) in [6.07, 6.45) is 3.66. The van der Waals surface area contributed by atoms with Crippen LogP contribution in [0.25, 0.3) is 0 Å². The number of carbonyl (C=O) groups is 3. The molecule has 0 aliphatic heterocycles. The van der Waals surface area contributed by atoms with E-state index in [9.17, 15) is 14.4 Å². The first-order valence-corrected chi connectivity index (χ1v) is 6.01. The highest BCUT2D eigenvalue weighted by Crippen LogP contribution is 2.26. The quantitative estimate of drug-likeness (QED) is 0.664. The van der Waals surface area contributed by atoms with Crippen molar-refractivity contribution in [3.8, 4) is 0 Å². The van der Waals surface area contributed by atoms with E-state index in [4.69, 9.17) is 0 Å². The first kappa shape index (κ1) is 14.5. The third-order valence-electron chi connectivity index (χ3n) is 3.11. The first-order chi connectivity index (χ1) is 8.58. The standard InChI is InChI=1S/C12H19NO5/c1-17-10(14)7-13(8-11(15)18-2)12(16)9-5-3-4-6-9/h9H,3-8H2,1-2H3. The van der Waals surface area contributed by atoms with Crippen LogP contribution >= 0.6 is 0 Å². The van der Waals surface area contributed by atoms with E-state index in [1.54, 1.807) is 0 Å². The summed E-state index contributed by atoms with van der Waals surface area (Å²) >= 11 is 0. The molecule has 18 heavy (non-hydrogen) atoms. The van der Waals surface area contributed by atoms with Crippen LogP contribution < -0.4 is 0 Å². The van der Waals surface area contributed by atoms with E-state index < -0.39 is 11.9 Å². The Morgan fingerprint density at radius 1 is 1.00 bits per heavy atom. The number of nitrogens with zero attached hydrogens (tertiary/aromatic N) is 1. The molecule has 0 heterocycles. The Balaban J connectivity index is 2.65. The molecular formula is C12H19NO5. The van der Waals surface area contributed by atoms with Crippen LogP contribution in [0.5, 0.6) is 0 Å². The Bertz CT molecular complexity index is 304. The highest BCUT2D eigenvalue weighted by atomic mass is 16.5. The highest BCUT2D eigenvalue weighted by Gasteiger charge is 2.29. The van der Waals surface area contributed by atoms with E-state index in [-0.39, 0.29) is 24.9 Å². The molecule has 0 N–H and O–H groups in total. The Morgan fingerprint density at radius 2 is 1.44 bits per heavy atom. The third-order valence-corrected chi connectivity index (χ3v) is 3.11. The van der Waals surface area contributed by atoms with Gasteiger partial charge in [0.2, 0.25) is 5.91 Å². The van der Waals surface area contributed by atoms with E-state index >= 15 is 0 Å². The van der Waals surface area contributed by atoms with Crippen molar-refractivity contribution < 1.29 is 23.9 Å². The molecule has 1 saturated carbocycles. The molecule has 0 aromatic rings. The normalized spacial score (nSPS) is 15.2. The minimum absolute atomic E-state index is 0.0840. The fourth-order valence-electron chi connectivity index (χ4n) is 2.08. The van der Waals surface area contributed by atoms with Gasteiger partial charge < -0.3 is 14.4 Å². The van der Waals surface area contributed by atoms with Gasteiger partial charge in [-0.15, -0.1) is 0 Å². The van der Waals surface area contributed by atoms with Gasteiger partial charge in [-0.3, -0.25) is 14.4 Å². The van der Waals surface area contributed by atoms with Gasteiger partial charge >= 0.3 is 11.9 Å². The van der Waals surface area contributed by atoms with Crippen molar-refractivity contribution in [2.45, 2.75) is 25.7 Å². The summed E-state index contributed by atoms with van der Waals surface area (Å²) in [4.78, 5) is 35.9. The van der Waals surface area contributed by atoms with E-state index in [0.29, 0.717) is 0 Å². The predicted octanol–water partition coefficient (Wildman–Crippen LogP) is 0.351. The SMILES string of the molecule is COC(=O)CN(CC(=O)OC)C(=O)C1CCCC1. The number of hydrogen-bond acceptors (Lipinski definition) is 5. The third kappa shape index (κ3) is 4.01. The molecule has 0 bridgehead atoms. The Morgan fingerprint density at radius 3 is 1.83 bits per heavy atom. The van der Waals surface area contributed by atoms with Crippen molar-refractivity contribution >= 4 is 17.8 Å². The maximum absolute atomic E-state index is 12.2. The zero-order chi connectivity index (χ0) is 13.5. The van der Waals surface area contributed by atoms with Crippen molar-refractivity contribution in [1.29, 1.82) is 0 Å². The second kappa shape index (κ2) is 6.98. The summed E-state index contributed by atoms with van der Waals surface area (Å²) in [6.45, 7) is -0.415. The van der Waals surface area contributed by atoms with Crippen molar-refractivity contribution in [3.63, 3.8) is 0 Å². The number of esters is 2. The minimum Gasteiger partial charge on any atom is -0.468 e. The molecule has 1 amide bonds. The summed E-state index contributed by atoms with van der Waals surface area (Å²) in [6, 6.07) is 0. The molecule has 0 aromatic heterocycles. The smallest absolute Gasteiger partial charge is 0.325 e. The van der Waals surface area contributed by atoms with Crippen LogP contribution in [0.1, 0.15) is 25.7 Å². The maximum Gasteiger partial charge on any atom is 0.325 e. The fourth-order valence-corrected chi connectivity index (χ4v) is 2.08. The van der Waals surface area contributed by atoms with Gasteiger partial charge in [0, 0.05) is 5.92 Å². The van der Waals surface area contributed by atoms with Gasteiger partial charge in [-0.25, -0.2) is 0 Å². The Kier molecular flexibility index (Phi) is 5.61. The zero-order valence-electron chi connectivity index (χ0n) is 10.8. The molecule has 0 saturated heterocycles. The first-order valence-electron chi connectivity index (χ1n) is 6.01. The lowest BCUT2D eigenvalue weighted by Crippen LogP contribution is -2.42. The largest absolute Gasteiger partial charge is 0.468 e. The van der Waals surface area contributed by atoms with Crippen molar-refractivity contribution in [2.75, 3.05) is 27.3 Å². The average molecular weight is 257 g/mol. The molecule has 6 heteroatoms. The molecular weight excluding hydrogens is 238 g/mol. The van der Waals surface area contributed by atoms with E-state index in [1.165, 1.54) is 19.1 Å². The number of rotatable bonds is 5. The van der Waals surface area contributed by atoms with E-state index in [1.807, 2.05) is 0 Å². The lowest BCUT2D eigenvalue weighted by atomic mass is 10.1. The van der Waals surface area contributed by atoms with Gasteiger partial charge in [0.25, 0.3) is 0 Å². The topological polar surface area (TPSA) is 72.9 Å². The molecule has 102 valence electrons. The summed E-state index contributed by atoms with van der Waals surface area (Å²) in [5.41, 5.74) is 0. The van der Waals surface area contributed by atoms with Crippen molar-refractivity contribution in [3.05, 3.63) is 0 Å². The lowest BCUT2D eigenvalue weighted by molar-refractivity contribution is -0.153. The molecule has 1 aliphatic carbocycles. The molecule has 1 aliphatic rings. The molecule has 1 rings (SSSR count). The number of methoxy groups -OCH3 is 2. The summed E-state index contributed by atoms with van der Waals surface area (Å²) in [7, 11) is 2.50. The van der Waals surface area contributed by atoms with E-state index in [0.717, 1.165) is 25.7 Å². The van der Waals surface area contributed by atoms with Gasteiger partial charge in [0.05, 0.1) is 14.2 Å². The summed E-state index contributed by atoms with van der Waals surface area (Å²) in [5.74, 6) is -1.32. The molecule has 6 nitrogen and oxygen atoms in total. The van der Waals surface area contributed by atoms with Crippen LogP contribution in [0.15, 0.2) is 0 Å². The molecule has 1 fully saturated rings. The van der Waals surface area contributed by atoms with Crippen LogP contribution in [0.4, 0.5) is 0 Å². The van der Waals surface area contributed by atoms with Crippen LogP contribution in [-0.2, 0) is 23.9 Å². The Hall–Kier alpha value is -1.59. The van der Waals surface area contributed by atoms with Gasteiger partial charge in [-0.1, -0.05) is 12.8 Å². The lowest BCUT2D eigenvalue weighted by Gasteiger charge is -2.23. The molecule has 0 atom stereocenters. The highest BCUT2D eigenvalue weighted by molar-refractivity contribution is 5.87. The van der Waals surface area contributed by atoms with Crippen LogP contribution in [0, 0.1) is 5.92 Å². The number of hydrogen-bond donors (Lipinski definition) is 0. The zero-order valence-corrected chi connectivity index (χ0v) is 10.8. The number of amides is 1. The van der Waals surface area contributed by atoms with E-state index in [2.05, 4.69) is 9.47 Å². The van der Waals surface area contributed by atoms with Gasteiger partial charge in [-0.2, -0.15) is 0 Å². The van der Waals surface area contributed by atoms with Crippen molar-refractivity contribution in [1.82, 2.24) is 4.90 Å². The van der Waals surface area contributed by atoms with Gasteiger partial charge in [0.15, 0.2) is 0 Å². The molecule has 0 spiro atoms. The van der Waals surface area contributed by atoms with Crippen molar-refractivity contribution in [2.24, 2.45) is 5.92 Å². The predicted molar refractivity (Wildman–Crippen MR) is 62.6 cm³/mol.